The van der Waals surface area contributed by atoms with Crippen molar-refractivity contribution in [2.75, 3.05) is 108 Å². The predicted molar refractivity (Wildman–Crippen MR) is 238 cm³/mol. The van der Waals surface area contributed by atoms with Crippen molar-refractivity contribution in [3.05, 3.63) is 0 Å². The Labute approximate surface area is 358 Å². The number of rotatable bonds is 34. The highest BCUT2D eigenvalue weighted by atomic mass is 16.2. The molecule has 4 N–H and O–H groups in total. The smallest absolute Gasteiger partial charge is 0.224 e. The van der Waals surface area contributed by atoms with Crippen LogP contribution in [0.1, 0.15) is 117 Å². The summed E-state index contributed by atoms with van der Waals surface area (Å²) in [6.07, 6.45) is 9.74. The molecule has 1 aliphatic carbocycles. The number of likely N-dealkylation sites (N-methyl/N-ethyl adjacent to an activating group) is 4. The van der Waals surface area contributed by atoms with E-state index in [0.29, 0.717) is 51.6 Å². The molecule has 0 bridgehead atoms. The number of carbonyl (C=O) groups is 6. The van der Waals surface area contributed by atoms with Gasteiger partial charge in [-0.2, -0.15) is 0 Å². The molecule has 0 aliphatic heterocycles. The Balaban J connectivity index is 3.00. The van der Waals surface area contributed by atoms with E-state index in [9.17, 15) is 28.8 Å². The number of ketones is 2. The van der Waals surface area contributed by atoms with Gasteiger partial charge in [-0.1, -0.05) is 59.3 Å². The van der Waals surface area contributed by atoms with Crippen molar-refractivity contribution in [2.45, 2.75) is 117 Å². The maximum Gasteiger partial charge on any atom is 0.224 e. The number of hydrogen-bond donors (Lipinski definition) is 4. The summed E-state index contributed by atoms with van der Waals surface area (Å²) in [7, 11) is 12.0. The van der Waals surface area contributed by atoms with E-state index < -0.39 is 23.7 Å². The van der Waals surface area contributed by atoms with E-state index in [4.69, 9.17) is 0 Å². The summed E-state index contributed by atoms with van der Waals surface area (Å²) in [6.45, 7) is 12.6. The number of unbranched alkanes of at least 4 members (excludes halogenated alkanes) is 2. The van der Waals surface area contributed by atoms with Gasteiger partial charge in [-0.15, -0.1) is 0 Å². The fourth-order valence-corrected chi connectivity index (χ4v) is 7.51. The highest BCUT2D eigenvalue weighted by molar-refractivity contribution is 5.95. The zero-order chi connectivity index (χ0) is 44.2. The molecule has 3 unspecified atom stereocenters. The maximum atomic E-state index is 13.8. The molecule has 3 atom stereocenters. The lowest BCUT2D eigenvalue weighted by atomic mass is 9.80. The molecule has 1 rings (SSSR count). The summed E-state index contributed by atoms with van der Waals surface area (Å²) in [5.41, 5.74) is 0. The largest absolute Gasteiger partial charge is 0.356 e. The summed E-state index contributed by atoms with van der Waals surface area (Å²) in [4.78, 5) is 89.1. The molecule has 0 spiro atoms. The minimum atomic E-state index is -0.961. The maximum absolute atomic E-state index is 13.8. The van der Waals surface area contributed by atoms with Gasteiger partial charge in [0.25, 0.3) is 0 Å². The molecule has 1 fully saturated rings. The fourth-order valence-electron chi connectivity index (χ4n) is 7.51. The minimum absolute atomic E-state index is 0.0424. The van der Waals surface area contributed by atoms with Gasteiger partial charge in [0.15, 0.2) is 0 Å². The number of nitrogens with one attached hydrogen (secondary N) is 4. The van der Waals surface area contributed by atoms with Crippen LogP contribution in [-0.2, 0) is 28.8 Å². The van der Waals surface area contributed by atoms with Crippen molar-refractivity contribution >= 4 is 35.2 Å². The third-order valence-corrected chi connectivity index (χ3v) is 11.8. The second-order valence-electron chi connectivity index (χ2n) is 17.9. The van der Waals surface area contributed by atoms with Gasteiger partial charge >= 0.3 is 0 Å². The second kappa shape index (κ2) is 31.9. The van der Waals surface area contributed by atoms with E-state index in [-0.39, 0.29) is 61.4 Å². The molecule has 4 amide bonds. The molecule has 0 saturated heterocycles. The third-order valence-electron chi connectivity index (χ3n) is 11.8. The SMILES string of the molecule is CCCCNC(=O)C(CC(=O)CC(CC(=O)C(CC)CC(=O)NCC1CCC(CCCC)CC1)C(=O)NCCN(C)CCN(C)C)CC(=O)NCCN(C)CCN(C)C. The standard InChI is InChI=1S/C45H86N8O6/c1-10-13-15-35-16-18-36(19-17-35)34-49-43(57)32-37(12-3)41(55)31-38(44(58)48-22-24-53(9)28-26-51(6)7)29-40(54)30-39(45(59)47-20-14-11-2)33-42(56)46-21-23-52(8)27-25-50(4)5/h35-39H,10-34H2,1-9H3,(H,46,56)(H,47,59)(H,48,58)(H,49,57). The first-order chi connectivity index (χ1) is 28.1. The topological polar surface area (TPSA) is 164 Å². The van der Waals surface area contributed by atoms with Gasteiger partial charge in [-0.05, 0) is 79.8 Å². The van der Waals surface area contributed by atoms with Crippen molar-refractivity contribution in [1.29, 1.82) is 0 Å². The van der Waals surface area contributed by atoms with E-state index in [1.54, 1.807) is 0 Å². The Bertz CT molecular complexity index is 1220. The first-order valence-electron chi connectivity index (χ1n) is 22.9. The van der Waals surface area contributed by atoms with Gasteiger partial charge in [0, 0.05) is 103 Å². The number of amides is 4. The van der Waals surface area contributed by atoms with Crippen molar-refractivity contribution in [3.63, 3.8) is 0 Å². The average molecular weight is 835 g/mol. The Kier molecular flexibility index (Phi) is 29.2. The zero-order valence-electron chi connectivity index (χ0n) is 38.8. The predicted octanol–water partition coefficient (Wildman–Crippen LogP) is 3.58. The molecule has 14 heteroatoms. The second-order valence-corrected chi connectivity index (χ2v) is 17.9. The fraction of sp³-hybridized carbons (Fsp3) is 0.867. The number of Topliss-reactive ketones (excluding diaryl/α,β-unsaturated/α-hetero) is 2. The summed E-state index contributed by atoms with van der Waals surface area (Å²) in [5, 5.41) is 11.8. The first-order valence-corrected chi connectivity index (χ1v) is 22.9. The highest BCUT2D eigenvalue weighted by Gasteiger charge is 2.32. The van der Waals surface area contributed by atoms with Crippen LogP contribution in [0, 0.1) is 29.6 Å². The molecule has 1 aliphatic rings. The summed E-state index contributed by atoms with van der Waals surface area (Å²) >= 11 is 0. The molecule has 0 aromatic heterocycles. The van der Waals surface area contributed by atoms with Crippen LogP contribution < -0.4 is 21.3 Å². The molecule has 59 heavy (non-hydrogen) atoms. The van der Waals surface area contributed by atoms with Crippen LogP contribution in [-0.4, -0.2) is 163 Å². The minimum Gasteiger partial charge on any atom is -0.356 e. The van der Waals surface area contributed by atoms with E-state index in [1.165, 1.54) is 32.1 Å². The van der Waals surface area contributed by atoms with Gasteiger partial charge < -0.3 is 40.9 Å². The Hall–Kier alpha value is -2.94. The Morgan fingerprint density at radius 2 is 0.983 bits per heavy atom. The molecular weight excluding hydrogens is 749 g/mol. The molecule has 0 heterocycles. The normalized spacial score (nSPS) is 17.2. The van der Waals surface area contributed by atoms with Crippen LogP contribution in [0.25, 0.3) is 0 Å². The van der Waals surface area contributed by atoms with E-state index >= 15 is 0 Å². The van der Waals surface area contributed by atoms with Crippen molar-refractivity contribution in [3.8, 4) is 0 Å². The number of nitrogens with zero attached hydrogens (tertiary/aromatic N) is 4. The lowest BCUT2D eigenvalue weighted by Crippen LogP contribution is -2.41. The Morgan fingerprint density at radius 1 is 0.508 bits per heavy atom. The number of hydrogen-bond acceptors (Lipinski definition) is 10. The van der Waals surface area contributed by atoms with Crippen LogP contribution in [0.5, 0.6) is 0 Å². The highest BCUT2D eigenvalue weighted by Crippen LogP contribution is 2.31. The lowest BCUT2D eigenvalue weighted by molar-refractivity contribution is -0.136. The molecule has 1 saturated carbocycles. The molecule has 342 valence electrons. The van der Waals surface area contributed by atoms with Crippen LogP contribution in [0.3, 0.4) is 0 Å². The van der Waals surface area contributed by atoms with Gasteiger partial charge in [-0.25, -0.2) is 0 Å². The van der Waals surface area contributed by atoms with Gasteiger partial charge in [-0.3, -0.25) is 28.8 Å². The summed E-state index contributed by atoms with van der Waals surface area (Å²) < 4.78 is 0. The van der Waals surface area contributed by atoms with Crippen molar-refractivity contribution in [1.82, 2.24) is 40.9 Å². The Morgan fingerprint density at radius 3 is 1.51 bits per heavy atom. The zero-order valence-corrected chi connectivity index (χ0v) is 38.8. The van der Waals surface area contributed by atoms with Crippen LogP contribution in [0.2, 0.25) is 0 Å². The van der Waals surface area contributed by atoms with Crippen LogP contribution in [0.4, 0.5) is 0 Å². The molecular formula is C45H86N8O6. The molecule has 0 aromatic rings. The lowest BCUT2D eigenvalue weighted by Gasteiger charge is -2.28. The summed E-state index contributed by atoms with van der Waals surface area (Å²) in [6, 6.07) is 0. The quantitative estimate of drug-likeness (QED) is 0.0706. The van der Waals surface area contributed by atoms with Crippen molar-refractivity contribution < 1.29 is 28.8 Å². The number of carbonyl (C=O) groups excluding carboxylic acids is 6. The molecule has 0 aromatic carbocycles. The first kappa shape index (κ1) is 54.1. The van der Waals surface area contributed by atoms with Gasteiger partial charge in [0.1, 0.15) is 11.6 Å². The van der Waals surface area contributed by atoms with E-state index in [2.05, 4.69) is 47.8 Å². The summed E-state index contributed by atoms with van der Waals surface area (Å²) in [5.74, 6) is -3.03. The average Bonchev–Trinajstić information content (AvgIpc) is 3.19. The monoisotopic (exact) mass is 835 g/mol. The molecule has 14 nitrogen and oxygen atoms in total. The van der Waals surface area contributed by atoms with Crippen LogP contribution >= 0.6 is 0 Å². The van der Waals surface area contributed by atoms with Crippen LogP contribution in [0.15, 0.2) is 0 Å². The van der Waals surface area contributed by atoms with E-state index in [0.717, 1.165) is 57.8 Å². The molecule has 0 radical (unpaired) electrons. The van der Waals surface area contributed by atoms with Gasteiger partial charge in [0.2, 0.25) is 23.6 Å². The van der Waals surface area contributed by atoms with Gasteiger partial charge in [0.05, 0.1) is 11.8 Å². The third kappa shape index (κ3) is 26.1. The van der Waals surface area contributed by atoms with Crippen molar-refractivity contribution in [2.24, 2.45) is 29.6 Å². The van der Waals surface area contributed by atoms with E-state index in [1.807, 2.05) is 56.1 Å².